The third-order valence-electron chi connectivity index (χ3n) is 1.48. The van der Waals surface area contributed by atoms with E-state index in [4.69, 9.17) is 10.4 Å². The first-order valence-electron chi connectivity index (χ1n) is 3.29. The summed E-state index contributed by atoms with van der Waals surface area (Å²) < 4.78 is 25.6. The van der Waals surface area contributed by atoms with Crippen LogP contribution in [0.15, 0.2) is 16.6 Å². The van der Waals surface area contributed by atoms with Gasteiger partial charge in [-0.15, -0.1) is 0 Å². The van der Waals surface area contributed by atoms with Gasteiger partial charge in [0.2, 0.25) is 0 Å². The van der Waals surface area contributed by atoms with Crippen molar-refractivity contribution in [3.8, 4) is 6.07 Å². The molecule has 0 saturated heterocycles. The number of hydrogen-bond donors (Lipinski definition) is 1. The molecule has 1 atom stereocenters. The SMILES string of the molecule is N#CC(O)c1c(F)ccc(F)c1Br. The van der Waals surface area contributed by atoms with Crippen molar-refractivity contribution in [2.24, 2.45) is 0 Å². The second-order valence-electron chi connectivity index (χ2n) is 2.29. The summed E-state index contributed by atoms with van der Waals surface area (Å²) in [5.41, 5.74) is -0.373. The van der Waals surface area contributed by atoms with Gasteiger partial charge in [-0.3, -0.25) is 0 Å². The summed E-state index contributed by atoms with van der Waals surface area (Å²) in [7, 11) is 0. The van der Waals surface area contributed by atoms with Crippen LogP contribution in [0.25, 0.3) is 0 Å². The molecule has 0 aliphatic heterocycles. The summed E-state index contributed by atoms with van der Waals surface area (Å²) in [4.78, 5) is 0. The van der Waals surface area contributed by atoms with E-state index in [1.54, 1.807) is 0 Å². The minimum atomic E-state index is -1.66. The van der Waals surface area contributed by atoms with Gasteiger partial charge in [0.15, 0.2) is 6.10 Å². The first-order valence-corrected chi connectivity index (χ1v) is 4.08. The molecule has 0 spiro atoms. The zero-order chi connectivity index (χ0) is 10.0. The van der Waals surface area contributed by atoms with E-state index < -0.39 is 17.7 Å². The lowest BCUT2D eigenvalue weighted by Crippen LogP contribution is -2.00. The van der Waals surface area contributed by atoms with Gasteiger partial charge in [-0.1, -0.05) is 0 Å². The van der Waals surface area contributed by atoms with Crippen LogP contribution in [0.3, 0.4) is 0 Å². The second-order valence-corrected chi connectivity index (χ2v) is 3.08. The largest absolute Gasteiger partial charge is 0.374 e. The van der Waals surface area contributed by atoms with Crippen LogP contribution in [0.1, 0.15) is 11.7 Å². The summed E-state index contributed by atoms with van der Waals surface area (Å²) in [6.45, 7) is 0. The fourth-order valence-electron chi connectivity index (χ4n) is 0.858. The van der Waals surface area contributed by atoms with Crippen molar-refractivity contribution in [2.75, 3.05) is 0 Å². The Balaban J connectivity index is 3.35. The number of aliphatic hydroxyl groups is 1. The smallest absolute Gasteiger partial charge is 0.169 e. The molecule has 1 rings (SSSR count). The molecule has 0 heterocycles. The average Bonchev–Trinajstić information content (AvgIpc) is 2.12. The van der Waals surface area contributed by atoms with Crippen LogP contribution >= 0.6 is 15.9 Å². The lowest BCUT2D eigenvalue weighted by atomic mass is 10.1. The van der Waals surface area contributed by atoms with E-state index in [2.05, 4.69) is 15.9 Å². The molecule has 0 saturated carbocycles. The number of hydrogen-bond acceptors (Lipinski definition) is 2. The highest BCUT2D eigenvalue weighted by atomic mass is 79.9. The second kappa shape index (κ2) is 3.81. The molecule has 1 aromatic rings. The molecule has 13 heavy (non-hydrogen) atoms. The highest BCUT2D eigenvalue weighted by Crippen LogP contribution is 2.28. The number of rotatable bonds is 1. The van der Waals surface area contributed by atoms with Crippen molar-refractivity contribution in [3.05, 3.63) is 33.8 Å². The van der Waals surface area contributed by atoms with E-state index in [0.717, 1.165) is 12.1 Å². The predicted molar refractivity (Wildman–Crippen MR) is 44.6 cm³/mol. The van der Waals surface area contributed by atoms with E-state index >= 15 is 0 Å². The molecule has 68 valence electrons. The molecule has 0 radical (unpaired) electrons. The monoisotopic (exact) mass is 247 g/mol. The van der Waals surface area contributed by atoms with E-state index in [1.807, 2.05) is 0 Å². The first kappa shape index (κ1) is 10.1. The molecule has 0 fully saturated rings. The Morgan fingerprint density at radius 1 is 1.38 bits per heavy atom. The van der Waals surface area contributed by atoms with E-state index in [-0.39, 0.29) is 10.0 Å². The quantitative estimate of drug-likeness (QED) is 0.612. The molecule has 0 amide bonds. The number of nitriles is 1. The van der Waals surface area contributed by atoms with Crippen molar-refractivity contribution in [3.63, 3.8) is 0 Å². The molecular formula is C8H4BrF2NO. The van der Waals surface area contributed by atoms with Crippen LogP contribution in [-0.4, -0.2) is 5.11 Å². The summed E-state index contributed by atoms with van der Waals surface area (Å²) in [6, 6.07) is 3.18. The maximum Gasteiger partial charge on any atom is 0.169 e. The number of benzene rings is 1. The Bertz CT molecular complexity index is 375. The molecule has 5 heteroatoms. The Kier molecular flexibility index (Phi) is 2.96. The average molecular weight is 248 g/mol. The van der Waals surface area contributed by atoms with Gasteiger partial charge in [0.25, 0.3) is 0 Å². The van der Waals surface area contributed by atoms with Gasteiger partial charge in [0.1, 0.15) is 11.6 Å². The van der Waals surface area contributed by atoms with Crippen LogP contribution in [0.5, 0.6) is 0 Å². The van der Waals surface area contributed by atoms with Crippen LogP contribution in [0, 0.1) is 23.0 Å². The zero-order valence-corrected chi connectivity index (χ0v) is 7.85. The Hall–Kier alpha value is -0.990. The lowest BCUT2D eigenvalue weighted by molar-refractivity contribution is 0.228. The van der Waals surface area contributed by atoms with Crippen molar-refractivity contribution in [2.45, 2.75) is 6.10 Å². The Morgan fingerprint density at radius 2 is 1.92 bits per heavy atom. The fourth-order valence-corrected chi connectivity index (χ4v) is 1.40. The van der Waals surface area contributed by atoms with Gasteiger partial charge in [0, 0.05) is 5.56 Å². The van der Waals surface area contributed by atoms with Crippen molar-refractivity contribution < 1.29 is 13.9 Å². The molecule has 2 nitrogen and oxygen atoms in total. The van der Waals surface area contributed by atoms with E-state index in [0.29, 0.717) is 0 Å². The Morgan fingerprint density at radius 3 is 2.46 bits per heavy atom. The number of aliphatic hydroxyl groups excluding tert-OH is 1. The number of halogens is 3. The van der Waals surface area contributed by atoms with Crippen LogP contribution in [0.2, 0.25) is 0 Å². The molecule has 1 aromatic carbocycles. The highest BCUT2D eigenvalue weighted by Gasteiger charge is 2.18. The van der Waals surface area contributed by atoms with Crippen LogP contribution < -0.4 is 0 Å². The molecule has 0 aliphatic carbocycles. The van der Waals surface area contributed by atoms with Gasteiger partial charge < -0.3 is 5.11 Å². The molecule has 1 unspecified atom stereocenters. The molecule has 1 N–H and O–H groups in total. The number of nitrogens with zero attached hydrogens (tertiary/aromatic N) is 1. The highest BCUT2D eigenvalue weighted by molar-refractivity contribution is 9.10. The third kappa shape index (κ3) is 1.85. The molecule has 0 bridgehead atoms. The predicted octanol–water partition coefficient (Wildman–Crippen LogP) is 2.28. The van der Waals surface area contributed by atoms with Gasteiger partial charge in [0.05, 0.1) is 10.5 Å². The van der Waals surface area contributed by atoms with Crippen molar-refractivity contribution >= 4 is 15.9 Å². The zero-order valence-electron chi connectivity index (χ0n) is 6.26. The van der Waals surface area contributed by atoms with Gasteiger partial charge in [-0.25, -0.2) is 8.78 Å². The minimum Gasteiger partial charge on any atom is -0.374 e. The van der Waals surface area contributed by atoms with Gasteiger partial charge in [-0.2, -0.15) is 5.26 Å². The maximum atomic E-state index is 13.0. The molecular weight excluding hydrogens is 244 g/mol. The molecule has 0 aliphatic rings. The molecule has 0 aromatic heterocycles. The van der Waals surface area contributed by atoms with E-state index in [1.165, 1.54) is 6.07 Å². The first-order chi connectivity index (χ1) is 6.07. The van der Waals surface area contributed by atoms with Crippen molar-refractivity contribution in [1.82, 2.24) is 0 Å². The lowest BCUT2D eigenvalue weighted by Gasteiger charge is -2.06. The fraction of sp³-hybridized carbons (Fsp3) is 0.125. The Labute approximate surface area is 81.5 Å². The van der Waals surface area contributed by atoms with Crippen LogP contribution in [-0.2, 0) is 0 Å². The standard InChI is InChI=1S/C8H4BrF2NO/c9-8-5(11)2-1-4(10)7(8)6(13)3-12/h1-2,6,13H. The normalized spacial score (nSPS) is 12.2. The summed E-state index contributed by atoms with van der Waals surface area (Å²) >= 11 is 2.75. The van der Waals surface area contributed by atoms with Gasteiger partial charge >= 0.3 is 0 Å². The summed E-state index contributed by atoms with van der Waals surface area (Å²) in [6.07, 6.45) is -1.66. The summed E-state index contributed by atoms with van der Waals surface area (Å²) in [5, 5.41) is 17.3. The van der Waals surface area contributed by atoms with E-state index in [9.17, 15) is 8.78 Å². The van der Waals surface area contributed by atoms with Crippen molar-refractivity contribution in [1.29, 1.82) is 5.26 Å². The maximum absolute atomic E-state index is 13.0. The summed E-state index contributed by atoms with van der Waals surface area (Å²) in [5.74, 6) is -1.53. The minimum absolute atomic E-state index is 0.221. The topological polar surface area (TPSA) is 44.0 Å². The third-order valence-corrected chi connectivity index (χ3v) is 2.28. The van der Waals surface area contributed by atoms with Crippen LogP contribution in [0.4, 0.5) is 8.78 Å². The van der Waals surface area contributed by atoms with Gasteiger partial charge in [-0.05, 0) is 28.1 Å².